The number of hydrogen-bond acceptors (Lipinski definition) is 2. The van der Waals surface area contributed by atoms with Crippen LogP contribution < -0.4 is 5.32 Å². The Morgan fingerprint density at radius 3 is 2.67 bits per heavy atom. The van der Waals surface area contributed by atoms with E-state index in [1.165, 1.54) is 12.8 Å². The molecule has 1 fully saturated rings. The Kier molecular flexibility index (Phi) is 7.81. The molecule has 0 aromatic rings. The second-order valence-corrected chi connectivity index (χ2v) is 5.05. The molecule has 0 radical (unpaired) electrons. The number of hydrogen-bond donors (Lipinski definition) is 1. The molecule has 0 aromatic carbocycles. The Bertz CT molecular complexity index is 235. The Labute approximate surface area is 112 Å². The van der Waals surface area contributed by atoms with Crippen LogP contribution in [0.2, 0.25) is 0 Å². The van der Waals surface area contributed by atoms with Gasteiger partial charge in [-0.1, -0.05) is 6.92 Å². The number of rotatable bonds is 6. The number of piperidine rings is 1. The van der Waals surface area contributed by atoms with Crippen LogP contribution in [0.1, 0.15) is 39.5 Å². The van der Waals surface area contributed by atoms with Gasteiger partial charge in [0, 0.05) is 39.9 Å². The molecule has 1 aliphatic rings. The van der Waals surface area contributed by atoms with Gasteiger partial charge in [-0.2, -0.15) is 0 Å². The van der Waals surface area contributed by atoms with Gasteiger partial charge in [-0.25, -0.2) is 0 Å². The molecule has 0 unspecified atom stereocenters. The molecule has 1 rings (SSSR count). The van der Waals surface area contributed by atoms with E-state index in [0.29, 0.717) is 0 Å². The van der Waals surface area contributed by atoms with E-state index in [4.69, 9.17) is 4.74 Å². The average Bonchev–Trinajstić information content (AvgIpc) is 2.39. The van der Waals surface area contributed by atoms with E-state index in [-0.39, 0.29) is 0 Å². The largest absolute Gasteiger partial charge is 0.382 e. The second-order valence-electron chi connectivity index (χ2n) is 5.05. The van der Waals surface area contributed by atoms with Crippen LogP contribution in [0.5, 0.6) is 0 Å². The molecule has 106 valence electrons. The molecule has 4 heteroatoms. The molecule has 0 bridgehead atoms. The third-order valence-electron chi connectivity index (χ3n) is 3.50. The fourth-order valence-electron chi connectivity index (χ4n) is 2.23. The normalized spacial score (nSPS) is 18.2. The van der Waals surface area contributed by atoms with Crippen molar-refractivity contribution in [3.63, 3.8) is 0 Å². The summed E-state index contributed by atoms with van der Waals surface area (Å²) in [5.74, 6) is 1.93. The van der Waals surface area contributed by atoms with Gasteiger partial charge in [-0.05, 0) is 38.5 Å². The van der Waals surface area contributed by atoms with Crippen molar-refractivity contribution in [1.82, 2.24) is 10.2 Å². The van der Waals surface area contributed by atoms with Crippen molar-refractivity contribution in [3.05, 3.63) is 0 Å². The molecular formula is C14H29N3O. The summed E-state index contributed by atoms with van der Waals surface area (Å²) in [6, 6.07) is 0. The van der Waals surface area contributed by atoms with Crippen LogP contribution in [0.3, 0.4) is 0 Å². The number of likely N-dealkylation sites (tertiary alicyclic amines) is 1. The molecule has 0 amide bonds. The molecular weight excluding hydrogens is 226 g/mol. The Hall–Kier alpha value is -0.770. The Morgan fingerprint density at radius 2 is 2.06 bits per heavy atom. The standard InChI is InChI=1S/C14H29N3O/c1-4-18-12-6-5-9-16-14(15-3)17-10-7-13(2)8-11-17/h13H,4-12H2,1-3H3,(H,15,16). The summed E-state index contributed by atoms with van der Waals surface area (Å²) in [7, 11) is 1.88. The third-order valence-corrected chi connectivity index (χ3v) is 3.50. The summed E-state index contributed by atoms with van der Waals surface area (Å²) in [6.07, 6.45) is 4.83. The van der Waals surface area contributed by atoms with Crippen LogP contribution in [-0.4, -0.2) is 50.8 Å². The van der Waals surface area contributed by atoms with Gasteiger partial charge >= 0.3 is 0 Å². The number of nitrogens with zero attached hydrogens (tertiary/aromatic N) is 2. The lowest BCUT2D eigenvalue weighted by Gasteiger charge is -2.32. The number of unbranched alkanes of at least 4 members (excludes halogenated alkanes) is 1. The van der Waals surface area contributed by atoms with Gasteiger partial charge in [0.25, 0.3) is 0 Å². The molecule has 0 aliphatic carbocycles. The van der Waals surface area contributed by atoms with Crippen molar-refractivity contribution < 1.29 is 4.74 Å². The van der Waals surface area contributed by atoms with Gasteiger partial charge in [0.2, 0.25) is 0 Å². The predicted octanol–water partition coefficient (Wildman–Crippen LogP) is 2.11. The molecule has 0 spiro atoms. The summed E-state index contributed by atoms with van der Waals surface area (Å²) in [6.45, 7) is 9.34. The molecule has 1 saturated heterocycles. The van der Waals surface area contributed by atoms with Crippen molar-refractivity contribution in [2.24, 2.45) is 10.9 Å². The molecule has 1 heterocycles. The first-order chi connectivity index (χ1) is 8.77. The van der Waals surface area contributed by atoms with Crippen LogP contribution in [0.15, 0.2) is 4.99 Å². The average molecular weight is 255 g/mol. The van der Waals surface area contributed by atoms with E-state index in [2.05, 4.69) is 22.1 Å². The molecule has 4 nitrogen and oxygen atoms in total. The Morgan fingerprint density at radius 1 is 1.33 bits per heavy atom. The summed E-state index contributed by atoms with van der Waals surface area (Å²) in [5, 5.41) is 3.45. The predicted molar refractivity (Wildman–Crippen MR) is 77.1 cm³/mol. The molecule has 18 heavy (non-hydrogen) atoms. The molecule has 1 N–H and O–H groups in total. The van der Waals surface area contributed by atoms with Crippen molar-refractivity contribution >= 4 is 5.96 Å². The number of nitrogens with one attached hydrogen (secondary N) is 1. The van der Waals surface area contributed by atoms with E-state index >= 15 is 0 Å². The summed E-state index contributed by atoms with van der Waals surface area (Å²) in [5.41, 5.74) is 0. The zero-order valence-electron chi connectivity index (χ0n) is 12.2. The van der Waals surface area contributed by atoms with Crippen molar-refractivity contribution in [2.45, 2.75) is 39.5 Å². The molecule has 0 atom stereocenters. The minimum Gasteiger partial charge on any atom is -0.382 e. The number of aliphatic imine (C=N–C) groups is 1. The quantitative estimate of drug-likeness (QED) is 0.449. The Balaban J connectivity index is 2.14. The fraction of sp³-hybridized carbons (Fsp3) is 0.929. The van der Waals surface area contributed by atoms with E-state index in [1.54, 1.807) is 0 Å². The maximum absolute atomic E-state index is 5.33. The van der Waals surface area contributed by atoms with Crippen molar-refractivity contribution in [3.8, 4) is 0 Å². The lowest BCUT2D eigenvalue weighted by molar-refractivity contribution is 0.143. The maximum atomic E-state index is 5.33. The van der Waals surface area contributed by atoms with E-state index in [0.717, 1.165) is 57.6 Å². The minimum absolute atomic E-state index is 0.820. The van der Waals surface area contributed by atoms with Crippen LogP contribution in [-0.2, 0) is 4.74 Å². The lowest BCUT2D eigenvalue weighted by atomic mass is 10.00. The molecule has 0 saturated carbocycles. The van der Waals surface area contributed by atoms with Crippen molar-refractivity contribution in [2.75, 3.05) is 39.9 Å². The first kappa shape index (κ1) is 15.3. The zero-order chi connectivity index (χ0) is 13.2. The van der Waals surface area contributed by atoms with Crippen molar-refractivity contribution in [1.29, 1.82) is 0 Å². The fourth-order valence-corrected chi connectivity index (χ4v) is 2.23. The second kappa shape index (κ2) is 9.20. The number of ether oxygens (including phenoxy) is 1. The van der Waals surface area contributed by atoms with E-state index in [1.807, 2.05) is 14.0 Å². The van der Waals surface area contributed by atoms with Gasteiger partial charge < -0.3 is 15.0 Å². The summed E-state index contributed by atoms with van der Waals surface area (Å²) < 4.78 is 5.33. The zero-order valence-corrected chi connectivity index (χ0v) is 12.2. The maximum Gasteiger partial charge on any atom is 0.193 e. The third kappa shape index (κ3) is 5.71. The van der Waals surface area contributed by atoms with Crippen LogP contribution in [0.4, 0.5) is 0 Å². The monoisotopic (exact) mass is 255 g/mol. The summed E-state index contributed by atoms with van der Waals surface area (Å²) in [4.78, 5) is 6.75. The van der Waals surface area contributed by atoms with Gasteiger partial charge in [-0.3, -0.25) is 4.99 Å². The van der Waals surface area contributed by atoms with Crippen LogP contribution in [0, 0.1) is 5.92 Å². The van der Waals surface area contributed by atoms with E-state index in [9.17, 15) is 0 Å². The van der Waals surface area contributed by atoms with Crippen LogP contribution in [0.25, 0.3) is 0 Å². The van der Waals surface area contributed by atoms with Gasteiger partial charge in [0.15, 0.2) is 5.96 Å². The number of guanidine groups is 1. The van der Waals surface area contributed by atoms with E-state index < -0.39 is 0 Å². The lowest BCUT2D eigenvalue weighted by Crippen LogP contribution is -2.45. The molecule has 0 aromatic heterocycles. The first-order valence-electron chi connectivity index (χ1n) is 7.31. The highest BCUT2D eigenvalue weighted by Crippen LogP contribution is 2.15. The van der Waals surface area contributed by atoms with Gasteiger partial charge in [0.1, 0.15) is 0 Å². The SMILES string of the molecule is CCOCCCCNC(=NC)N1CCC(C)CC1. The summed E-state index contributed by atoms with van der Waals surface area (Å²) >= 11 is 0. The topological polar surface area (TPSA) is 36.9 Å². The minimum atomic E-state index is 0.820. The first-order valence-corrected chi connectivity index (χ1v) is 7.31. The van der Waals surface area contributed by atoms with Gasteiger partial charge in [-0.15, -0.1) is 0 Å². The highest BCUT2D eigenvalue weighted by Gasteiger charge is 2.17. The van der Waals surface area contributed by atoms with Crippen LogP contribution >= 0.6 is 0 Å². The smallest absolute Gasteiger partial charge is 0.193 e. The highest BCUT2D eigenvalue weighted by atomic mass is 16.5. The van der Waals surface area contributed by atoms with Gasteiger partial charge in [0.05, 0.1) is 0 Å². The highest BCUT2D eigenvalue weighted by molar-refractivity contribution is 5.79. The molecule has 1 aliphatic heterocycles.